The van der Waals surface area contributed by atoms with Gasteiger partial charge in [0, 0.05) is 30.7 Å². The number of hydrogen-bond donors (Lipinski definition) is 1. The molecule has 1 spiro atoms. The van der Waals surface area contributed by atoms with Crippen LogP contribution >= 0.6 is 0 Å². The number of benzene rings is 3. The Morgan fingerprint density at radius 3 is 2.36 bits per heavy atom. The summed E-state index contributed by atoms with van der Waals surface area (Å²) in [5, 5.41) is 4.51. The summed E-state index contributed by atoms with van der Waals surface area (Å²) in [6.07, 6.45) is 1.65. The first-order valence-corrected chi connectivity index (χ1v) is 15.1. The number of nitrogens with zero attached hydrogens (tertiary/aromatic N) is 3. The van der Waals surface area contributed by atoms with Crippen LogP contribution in [0.5, 0.6) is 0 Å². The van der Waals surface area contributed by atoms with Crippen LogP contribution < -0.4 is 10.2 Å². The Morgan fingerprint density at radius 1 is 0.974 bits per heavy atom. The van der Waals surface area contributed by atoms with Gasteiger partial charge in [-0.2, -0.15) is 4.31 Å². The quantitative estimate of drug-likeness (QED) is 0.462. The van der Waals surface area contributed by atoms with E-state index in [1.54, 1.807) is 17.0 Å². The molecule has 0 saturated carbocycles. The van der Waals surface area contributed by atoms with Crippen LogP contribution in [0, 0.1) is 5.92 Å². The van der Waals surface area contributed by atoms with E-state index in [9.17, 15) is 18.0 Å². The second kappa shape index (κ2) is 11.0. The summed E-state index contributed by atoms with van der Waals surface area (Å²) >= 11 is 0. The van der Waals surface area contributed by atoms with Crippen LogP contribution in [0.2, 0.25) is 0 Å². The summed E-state index contributed by atoms with van der Waals surface area (Å²) < 4.78 is 29.0. The zero-order valence-corrected chi connectivity index (χ0v) is 23.4. The van der Waals surface area contributed by atoms with Crippen LogP contribution in [-0.4, -0.2) is 67.8 Å². The molecule has 0 aliphatic carbocycles. The number of nitrogens with one attached hydrogen (secondary N) is 1. The molecule has 1 N–H and O–H groups in total. The number of hydrogen-bond acceptors (Lipinski definition) is 5. The van der Waals surface area contributed by atoms with Gasteiger partial charge in [0.15, 0.2) is 0 Å². The number of amides is 2. The maximum absolute atomic E-state index is 13.9. The predicted octanol–water partition coefficient (Wildman–Crippen LogP) is 3.83. The van der Waals surface area contributed by atoms with E-state index >= 15 is 0 Å². The van der Waals surface area contributed by atoms with Crippen LogP contribution in [-0.2, 0) is 19.6 Å². The van der Waals surface area contributed by atoms with Crippen LogP contribution in [0.3, 0.4) is 0 Å². The van der Waals surface area contributed by atoms with E-state index in [1.165, 1.54) is 4.31 Å². The molecule has 206 valence electrons. The zero-order chi connectivity index (χ0) is 27.6. The number of rotatable bonds is 8. The van der Waals surface area contributed by atoms with Crippen molar-refractivity contribution in [3.05, 3.63) is 72.8 Å². The molecule has 1 atom stereocenters. The fraction of sp³-hybridized carbons (Fsp3) is 0.400. The molecule has 8 nitrogen and oxygen atoms in total. The van der Waals surface area contributed by atoms with Gasteiger partial charge in [-0.25, -0.2) is 8.42 Å². The highest BCUT2D eigenvalue weighted by Gasteiger charge is 2.55. The lowest BCUT2D eigenvalue weighted by Crippen LogP contribution is -2.57. The molecule has 2 amide bonds. The standard InChI is InChI=1S/C30H36N4O4S/c1-3-23(2)20-31-28(35)21-32-22-34(25-12-5-4-6-13-25)30(29(32)36)16-18-33(19-17-30)39(37,38)27-15-9-11-24-10-7-8-14-26(24)27/h4-15,23H,3,16-22H2,1-2H3,(H,31,35). The molecule has 3 aromatic carbocycles. The molecule has 3 aromatic rings. The van der Waals surface area contributed by atoms with Gasteiger partial charge in [-0.15, -0.1) is 0 Å². The van der Waals surface area contributed by atoms with Crippen molar-refractivity contribution in [2.45, 2.75) is 43.5 Å². The Balaban J connectivity index is 1.38. The zero-order valence-electron chi connectivity index (χ0n) is 22.5. The van der Waals surface area contributed by atoms with Gasteiger partial charge in [-0.05, 0) is 42.3 Å². The number of carbonyl (C=O) groups is 2. The maximum atomic E-state index is 13.9. The fourth-order valence-corrected chi connectivity index (χ4v) is 7.30. The third kappa shape index (κ3) is 5.13. The van der Waals surface area contributed by atoms with E-state index in [-0.39, 0.29) is 43.0 Å². The van der Waals surface area contributed by atoms with E-state index < -0.39 is 15.6 Å². The first kappa shape index (κ1) is 27.1. The molecular formula is C30H36N4O4S. The first-order valence-electron chi connectivity index (χ1n) is 13.6. The van der Waals surface area contributed by atoms with Crippen molar-refractivity contribution in [1.82, 2.24) is 14.5 Å². The molecular weight excluding hydrogens is 512 g/mol. The van der Waals surface area contributed by atoms with Gasteiger partial charge in [0.1, 0.15) is 12.1 Å². The predicted molar refractivity (Wildman–Crippen MR) is 153 cm³/mol. The Morgan fingerprint density at radius 2 is 1.64 bits per heavy atom. The average molecular weight is 549 g/mol. The van der Waals surface area contributed by atoms with E-state index in [1.807, 2.05) is 60.7 Å². The molecule has 2 heterocycles. The van der Waals surface area contributed by atoms with E-state index in [2.05, 4.69) is 24.1 Å². The van der Waals surface area contributed by atoms with Crippen molar-refractivity contribution in [1.29, 1.82) is 0 Å². The van der Waals surface area contributed by atoms with Crippen molar-refractivity contribution < 1.29 is 18.0 Å². The van der Waals surface area contributed by atoms with Crippen molar-refractivity contribution >= 4 is 38.3 Å². The van der Waals surface area contributed by atoms with Gasteiger partial charge in [-0.3, -0.25) is 9.59 Å². The van der Waals surface area contributed by atoms with E-state index in [4.69, 9.17) is 0 Å². The van der Waals surface area contributed by atoms with E-state index in [0.29, 0.717) is 30.7 Å². The minimum absolute atomic E-state index is 0.0155. The average Bonchev–Trinajstić information content (AvgIpc) is 3.22. The number of piperidine rings is 1. The molecule has 0 aromatic heterocycles. The number of carbonyl (C=O) groups excluding carboxylic acids is 2. The highest BCUT2D eigenvalue weighted by molar-refractivity contribution is 7.89. The minimum atomic E-state index is -3.76. The number of fused-ring (bicyclic) bond motifs is 1. The summed E-state index contributed by atoms with van der Waals surface area (Å²) in [7, 11) is -3.76. The topological polar surface area (TPSA) is 90.0 Å². The van der Waals surface area contributed by atoms with Crippen molar-refractivity contribution in [2.24, 2.45) is 5.92 Å². The molecule has 2 saturated heterocycles. The summed E-state index contributed by atoms with van der Waals surface area (Å²) in [5.41, 5.74) is -0.0120. The number of para-hydroxylation sites is 1. The molecule has 2 aliphatic rings. The van der Waals surface area contributed by atoms with Gasteiger partial charge in [0.05, 0.1) is 11.6 Å². The normalized spacial score (nSPS) is 18.6. The molecule has 39 heavy (non-hydrogen) atoms. The number of anilines is 1. The molecule has 2 aliphatic heterocycles. The van der Waals surface area contributed by atoms with Gasteiger partial charge in [-0.1, -0.05) is 74.9 Å². The third-order valence-corrected chi connectivity index (χ3v) is 10.1. The van der Waals surface area contributed by atoms with Crippen molar-refractivity contribution in [3.8, 4) is 0 Å². The largest absolute Gasteiger partial charge is 0.354 e. The van der Waals surface area contributed by atoms with E-state index in [0.717, 1.165) is 17.5 Å². The summed E-state index contributed by atoms with van der Waals surface area (Å²) in [4.78, 5) is 30.6. The lowest BCUT2D eigenvalue weighted by atomic mass is 9.86. The molecule has 1 unspecified atom stereocenters. The highest BCUT2D eigenvalue weighted by Crippen LogP contribution is 2.40. The lowest BCUT2D eigenvalue weighted by molar-refractivity contribution is -0.137. The van der Waals surface area contributed by atoms with Crippen molar-refractivity contribution in [2.75, 3.05) is 37.7 Å². The third-order valence-electron chi connectivity index (χ3n) is 8.18. The highest BCUT2D eigenvalue weighted by atomic mass is 32.2. The molecule has 9 heteroatoms. The summed E-state index contributed by atoms with van der Waals surface area (Å²) in [6, 6.07) is 22.5. The molecule has 0 radical (unpaired) electrons. The van der Waals surface area contributed by atoms with Gasteiger partial charge >= 0.3 is 0 Å². The maximum Gasteiger partial charge on any atom is 0.250 e. The van der Waals surface area contributed by atoms with Crippen LogP contribution in [0.15, 0.2) is 77.7 Å². The summed E-state index contributed by atoms with van der Waals surface area (Å²) in [5.74, 6) is 0.0698. The van der Waals surface area contributed by atoms with Gasteiger partial charge in [0.2, 0.25) is 21.8 Å². The lowest BCUT2D eigenvalue weighted by Gasteiger charge is -2.42. The monoisotopic (exact) mass is 548 g/mol. The second-order valence-electron chi connectivity index (χ2n) is 10.6. The Hall–Kier alpha value is -3.43. The smallest absolute Gasteiger partial charge is 0.250 e. The molecule has 5 rings (SSSR count). The van der Waals surface area contributed by atoms with Crippen LogP contribution in [0.1, 0.15) is 33.1 Å². The second-order valence-corrected chi connectivity index (χ2v) is 12.5. The fourth-order valence-electron chi connectivity index (χ4n) is 5.64. The molecule has 2 fully saturated rings. The minimum Gasteiger partial charge on any atom is -0.354 e. The van der Waals surface area contributed by atoms with Gasteiger partial charge < -0.3 is 15.1 Å². The molecule has 0 bridgehead atoms. The first-order chi connectivity index (χ1) is 18.8. The Labute approximate surface area is 230 Å². The van der Waals surface area contributed by atoms with Gasteiger partial charge in [0.25, 0.3) is 0 Å². The Kier molecular flexibility index (Phi) is 7.64. The number of sulfonamides is 1. The Bertz CT molecular complexity index is 1450. The SMILES string of the molecule is CCC(C)CNC(=O)CN1CN(c2ccccc2)C2(CCN(S(=O)(=O)c3cccc4ccccc34)CC2)C1=O. The van der Waals surface area contributed by atoms with Crippen LogP contribution in [0.4, 0.5) is 5.69 Å². The van der Waals surface area contributed by atoms with Crippen LogP contribution in [0.25, 0.3) is 10.8 Å². The van der Waals surface area contributed by atoms with Crippen molar-refractivity contribution in [3.63, 3.8) is 0 Å². The summed E-state index contributed by atoms with van der Waals surface area (Å²) in [6.45, 7) is 5.44.